The predicted molar refractivity (Wildman–Crippen MR) is 117 cm³/mol. The zero-order chi connectivity index (χ0) is 20.6. The van der Waals surface area contributed by atoms with Gasteiger partial charge in [0.1, 0.15) is 6.04 Å². The maximum atomic E-state index is 13.6. The third kappa shape index (κ3) is 4.05. The van der Waals surface area contributed by atoms with Gasteiger partial charge >= 0.3 is 0 Å². The molecule has 1 unspecified atom stereocenters. The van der Waals surface area contributed by atoms with E-state index in [4.69, 9.17) is 4.98 Å². The number of hydrogen-bond donors (Lipinski definition) is 0. The van der Waals surface area contributed by atoms with Gasteiger partial charge in [-0.15, -0.1) is 0 Å². The number of sulfonamides is 1. The molecule has 0 bridgehead atoms. The minimum Gasteiger partial charge on any atom is -0.282 e. The minimum atomic E-state index is -3.45. The number of nitrogens with zero attached hydrogens (tertiary/aromatic N) is 3. The lowest BCUT2D eigenvalue weighted by Crippen LogP contribution is -2.47. The summed E-state index contributed by atoms with van der Waals surface area (Å²) in [6.45, 7) is 2.73. The molecule has 3 aromatic rings. The number of aryl methyl sites for hydroxylation is 1. The van der Waals surface area contributed by atoms with E-state index in [0.717, 1.165) is 21.3 Å². The molecule has 4 rings (SSSR count). The van der Waals surface area contributed by atoms with E-state index >= 15 is 0 Å². The van der Waals surface area contributed by atoms with E-state index in [9.17, 15) is 13.2 Å². The number of carbonyl (C=O) groups excluding carboxylic acids is 1. The van der Waals surface area contributed by atoms with Crippen molar-refractivity contribution in [1.82, 2.24) is 9.29 Å². The molecule has 8 heteroatoms. The monoisotopic (exact) mass is 429 g/mol. The van der Waals surface area contributed by atoms with Crippen LogP contribution in [-0.2, 0) is 21.4 Å². The molecular formula is C21H23N3O3S2. The number of amides is 1. The van der Waals surface area contributed by atoms with Gasteiger partial charge in [-0.25, -0.2) is 13.4 Å². The van der Waals surface area contributed by atoms with Crippen molar-refractivity contribution in [3.63, 3.8) is 0 Å². The van der Waals surface area contributed by atoms with E-state index in [1.54, 1.807) is 4.90 Å². The first-order chi connectivity index (χ1) is 13.8. The SMILES string of the molecule is Cc1cccc2sc(N(Cc3ccccc3)C(=O)C3CCCN3S(C)(=O)=O)nc12. The highest BCUT2D eigenvalue weighted by atomic mass is 32.2. The van der Waals surface area contributed by atoms with Gasteiger partial charge in [-0.1, -0.05) is 53.8 Å². The van der Waals surface area contributed by atoms with Crippen LogP contribution in [0.3, 0.4) is 0 Å². The number of aromatic nitrogens is 1. The van der Waals surface area contributed by atoms with E-state index in [1.807, 2.05) is 55.5 Å². The van der Waals surface area contributed by atoms with Crippen LogP contribution in [0.25, 0.3) is 10.2 Å². The van der Waals surface area contributed by atoms with E-state index < -0.39 is 16.1 Å². The van der Waals surface area contributed by atoms with Crippen molar-refractivity contribution in [1.29, 1.82) is 0 Å². The van der Waals surface area contributed by atoms with Gasteiger partial charge in [0.2, 0.25) is 15.9 Å². The second kappa shape index (κ2) is 7.85. The highest BCUT2D eigenvalue weighted by Gasteiger charge is 2.39. The summed E-state index contributed by atoms with van der Waals surface area (Å²) >= 11 is 1.46. The van der Waals surface area contributed by atoms with Crippen LogP contribution in [0.4, 0.5) is 5.13 Å². The van der Waals surface area contributed by atoms with E-state index in [1.165, 1.54) is 21.9 Å². The summed E-state index contributed by atoms with van der Waals surface area (Å²) in [5.41, 5.74) is 2.90. The Bertz CT molecular complexity index is 1140. The fourth-order valence-corrected chi connectivity index (χ4v) is 5.93. The van der Waals surface area contributed by atoms with Crippen LogP contribution in [-0.4, -0.2) is 42.5 Å². The normalized spacial score (nSPS) is 17.7. The molecule has 1 aliphatic heterocycles. The third-order valence-electron chi connectivity index (χ3n) is 5.20. The van der Waals surface area contributed by atoms with Crippen LogP contribution < -0.4 is 4.90 Å². The smallest absolute Gasteiger partial charge is 0.247 e. The van der Waals surface area contributed by atoms with Gasteiger partial charge in [0, 0.05) is 6.54 Å². The Hall–Kier alpha value is -2.29. The Labute approximate surface area is 174 Å². The molecule has 0 spiro atoms. The Morgan fingerprint density at radius 3 is 2.66 bits per heavy atom. The van der Waals surface area contributed by atoms with Crippen molar-refractivity contribution in [2.75, 3.05) is 17.7 Å². The maximum absolute atomic E-state index is 13.6. The summed E-state index contributed by atoms with van der Waals surface area (Å²) in [4.78, 5) is 19.9. The molecule has 1 saturated heterocycles. The van der Waals surface area contributed by atoms with Crippen LogP contribution >= 0.6 is 11.3 Å². The molecule has 6 nitrogen and oxygen atoms in total. The van der Waals surface area contributed by atoms with Gasteiger partial charge in [0.05, 0.1) is 23.0 Å². The van der Waals surface area contributed by atoms with Gasteiger partial charge in [0.15, 0.2) is 5.13 Å². The second-order valence-electron chi connectivity index (χ2n) is 7.36. The average Bonchev–Trinajstić information content (AvgIpc) is 3.34. The lowest BCUT2D eigenvalue weighted by Gasteiger charge is -2.27. The lowest BCUT2D eigenvalue weighted by atomic mass is 10.1. The van der Waals surface area contributed by atoms with Gasteiger partial charge < -0.3 is 0 Å². The van der Waals surface area contributed by atoms with Gasteiger partial charge in [-0.05, 0) is 37.0 Å². The number of hydrogen-bond acceptors (Lipinski definition) is 5. The number of rotatable bonds is 5. The molecule has 29 heavy (non-hydrogen) atoms. The molecule has 2 aromatic carbocycles. The first kappa shape index (κ1) is 20.0. The van der Waals surface area contributed by atoms with Crippen molar-refractivity contribution in [2.24, 2.45) is 0 Å². The number of benzene rings is 2. The topological polar surface area (TPSA) is 70.6 Å². The van der Waals surface area contributed by atoms with Crippen LogP contribution in [0.15, 0.2) is 48.5 Å². The van der Waals surface area contributed by atoms with Crippen molar-refractivity contribution < 1.29 is 13.2 Å². The zero-order valence-corrected chi connectivity index (χ0v) is 18.0. The van der Waals surface area contributed by atoms with Gasteiger partial charge in [-0.2, -0.15) is 4.31 Å². The summed E-state index contributed by atoms with van der Waals surface area (Å²) < 4.78 is 26.7. The first-order valence-electron chi connectivity index (χ1n) is 9.53. The largest absolute Gasteiger partial charge is 0.282 e. The third-order valence-corrected chi connectivity index (χ3v) is 7.54. The Morgan fingerprint density at radius 2 is 1.97 bits per heavy atom. The molecule has 1 aromatic heterocycles. The molecular weight excluding hydrogens is 406 g/mol. The van der Waals surface area contributed by atoms with Gasteiger partial charge in [-0.3, -0.25) is 9.69 Å². The van der Waals surface area contributed by atoms with Gasteiger partial charge in [0.25, 0.3) is 0 Å². The van der Waals surface area contributed by atoms with Crippen LogP contribution in [0.2, 0.25) is 0 Å². The summed E-state index contributed by atoms with van der Waals surface area (Å²) in [6, 6.07) is 15.0. The Balaban J connectivity index is 1.75. The second-order valence-corrected chi connectivity index (χ2v) is 10.3. The number of carbonyl (C=O) groups is 1. The number of anilines is 1. The van der Waals surface area contributed by atoms with Crippen molar-refractivity contribution in [2.45, 2.75) is 32.4 Å². The Morgan fingerprint density at radius 1 is 1.21 bits per heavy atom. The minimum absolute atomic E-state index is 0.214. The van der Waals surface area contributed by atoms with Crippen LogP contribution in [0.1, 0.15) is 24.0 Å². The molecule has 2 heterocycles. The van der Waals surface area contributed by atoms with E-state index in [2.05, 4.69) is 0 Å². The average molecular weight is 430 g/mol. The molecule has 1 fully saturated rings. The molecule has 1 aliphatic rings. The Kier molecular flexibility index (Phi) is 5.42. The summed E-state index contributed by atoms with van der Waals surface area (Å²) in [5, 5.41) is 0.600. The van der Waals surface area contributed by atoms with E-state index in [0.29, 0.717) is 31.1 Å². The molecule has 0 saturated carbocycles. The highest BCUT2D eigenvalue weighted by molar-refractivity contribution is 7.88. The number of thiazole rings is 1. The molecule has 152 valence electrons. The highest BCUT2D eigenvalue weighted by Crippen LogP contribution is 2.33. The first-order valence-corrected chi connectivity index (χ1v) is 12.2. The van der Waals surface area contributed by atoms with Crippen LogP contribution in [0.5, 0.6) is 0 Å². The molecule has 0 N–H and O–H groups in total. The fraction of sp³-hybridized carbons (Fsp3) is 0.333. The zero-order valence-electron chi connectivity index (χ0n) is 16.4. The molecule has 0 aliphatic carbocycles. The number of fused-ring (bicyclic) bond motifs is 1. The van der Waals surface area contributed by atoms with E-state index in [-0.39, 0.29) is 5.91 Å². The van der Waals surface area contributed by atoms with Crippen molar-refractivity contribution in [3.05, 3.63) is 59.7 Å². The number of para-hydroxylation sites is 1. The predicted octanol–water partition coefficient (Wildman–Crippen LogP) is 3.56. The fourth-order valence-electron chi connectivity index (χ4n) is 3.76. The summed E-state index contributed by atoms with van der Waals surface area (Å²) in [7, 11) is -3.45. The molecule has 1 amide bonds. The quantitative estimate of drug-likeness (QED) is 0.622. The summed E-state index contributed by atoms with van der Waals surface area (Å²) in [6.07, 6.45) is 2.38. The van der Waals surface area contributed by atoms with Crippen molar-refractivity contribution >= 4 is 42.6 Å². The van der Waals surface area contributed by atoms with Crippen LogP contribution in [0, 0.1) is 6.92 Å². The maximum Gasteiger partial charge on any atom is 0.247 e. The standard InChI is InChI=1S/C21H23N3O3S2/c1-15-8-6-12-18-19(15)22-21(28-18)23(14-16-9-4-3-5-10-16)20(25)17-11-7-13-24(17)29(2,26)27/h3-6,8-10,12,17H,7,11,13-14H2,1-2H3. The lowest BCUT2D eigenvalue weighted by molar-refractivity contribution is -0.121. The summed E-state index contributed by atoms with van der Waals surface area (Å²) in [5.74, 6) is -0.214. The molecule has 0 radical (unpaired) electrons. The van der Waals surface area contributed by atoms with Crippen molar-refractivity contribution in [3.8, 4) is 0 Å². The molecule has 1 atom stereocenters.